The third-order valence-corrected chi connectivity index (χ3v) is 2.62. The fourth-order valence-electron chi connectivity index (χ4n) is 1.82. The van der Waals surface area contributed by atoms with Crippen LogP contribution in [0.2, 0.25) is 0 Å². The molecule has 3 heterocycles. The molecule has 0 saturated carbocycles. The lowest BCUT2D eigenvalue weighted by molar-refractivity contribution is 0.0996. The van der Waals surface area contributed by atoms with E-state index in [-0.39, 0.29) is 11.4 Å². The van der Waals surface area contributed by atoms with E-state index in [0.717, 1.165) is 11.5 Å². The summed E-state index contributed by atoms with van der Waals surface area (Å²) in [4.78, 5) is 15.3. The first-order valence-electron chi connectivity index (χ1n) is 5.24. The number of carbonyl (C=O) groups excluding carboxylic acids is 1. The zero-order valence-electron chi connectivity index (χ0n) is 9.32. The van der Waals surface area contributed by atoms with Crippen LogP contribution in [0.4, 0.5) is 5.69 Å². The van der Waals surface area contributed by atoms with Gasteiger partial charge in [-0.05, 0) is 12.1 Å². The molecule has 0 aromatic carbocycles. The maximum absolute atomic E-state index is 11.1. The van der Waals surface area contributed by atoms with Crippen LogP contribution >= 0.6 is 0 Å². The van der Waals surface area contributed by atoms with Gasteiger partial charge in [-0.2, -0.15) is 5.10 Å². The van der Waals surface area contributed by atoms with Crippen LogP contribution in [0, 0.1) is 0 Å². The number of nitrogens with two attached hydrogens (primary N) is 2. The lowest BCUT2D eigenvalue weighted by Crippen LogP contribution is -2.14. The first-order valence-corrected chi connectivity index (χ1v) is 5.24. The number of amides is 1. The van der Waals surface area contributed by atoms with Gasteiger partial charge in [-0.15, -0.1) is 0 Å². The van der Waals surface area contributed by atoms with E-state index in [1.807, 2.05) is 22.6 Å². The first kappa shape index (κ1) is 10.3. The Morgan fingerprint density at radius 3 is 2.89 bits per heavy atom. The summed E-state index contributed by atoms with van der Waals surface area (Å²) in [5.74, 6) is 0.0771. The first-order chi connectivity index (χ1) is 8.66. The van der Waals surface area contributed by atoms with Crippen molar-refractivity contribution in [3.8, 4) is 5.82 Å². The molecule has 0 saturated heterocycles. The van der Waals surface area contributed by atoms with Crippen molar-refractivity contribution in [3.63, 3.8) is 0 Å². The van der Waals surface area contributed by atoms with Crippen LogP contribution in [0.5, 0.6) is 0 Å². The topological polar surface area (TPSA) is 104 Å². The van der Waals surface area contributed by atoms with Gasteiger partial charge in [-0.3, -0.25) is 9.20 Å². The largest absolute Gasteiger partial charge is 0.396 e. The summed E-state index contributed by atoms with van der Waals surface area (Å²) < 4.78 is 3.33. The number of primary amides is 1. The molecule has 0 aliphatic rings. The lowest BCUT2D eigenvalue weighted by Gasteiger charge is -2.04. The summed E-state index contributed by atoms with van der Waals surface area (Å²) in [6.07, 6.45) is 5.03. The van der Waals surface area contributed by atoms with E-state index in [1.165, 1.54) is 4.68 Å². The Morgan fingerprint density at radius 2 is 2.17 bits per heavy atom. The maximum Gasteiger partial charge on any atom is 0.271 e. The van der Waals surface area contributed by atoms with E-state index in [2.05, 4.69) is 10.1 Å². The Kier molecular flexibility index (Phi) is 2.06. The van der Waals surface area contributed by atoms with Gasteiger partial charge in [-0.25, -0.2) is 9.67 Å². The van der Waals surface area contributed by atoms with Crippen LogP contribution in [0.3, 0.4) is 0 Å². The second-order valence-electron chi connectivity index (χ2n) is 3.78. The van der Waals surface area contributed by atoms with Crippen molar-refractivity contribution in [3.05, 3.63) is 42.5 Å². The van der Waals surface area contributed by atoms with Crippen LogP contribution < -0.4 is 11.5 Å². The van der Waals surface area contributed by atoms with E-state index in [0.29, 0.717) is 0 Å². The molecule has 3 aromatic heterocycles. The zero-order valence-corrected chi connectivity index (χ0v) is 9.32. The Hall–Kier alpha value is -2.83. The maximum atomic E-state index is 11.1. The fourth-order valence-corrected chi connectivity index (χ4v) is 1.82. The van der Waals surface area contributed by atoms with Gasteiger partial charge in [0, 0.05) is 12.4 Å². The van der Waals surface area contributed by atoms with Crippen molar-refractivity contribution in [1.29, 1.82) is 0 Å². The molecule has 1 amide bonds. The van der Waals surface area contributed by atoms with E-state index in [9.17, 15) is 4.79 Å². The number of rotatable bonds is 2. The summed E-state index contributed by atoms with van der Waals surface area (Å²) in [6, 6.07) is 5.55. The smallest absolute Gasteiger partial charge is 0.271 e. The lowest BCUT2D eigenvalue weighted by atomic mass is 10.4. The predicted octanol–water partition coefficient (Wildman–Crippen LogP) is 0.201. The highest BCUT2D eigenvalue weighted by atomic mass is 16.1. The summed E-state index contributed by atoms with van der Waals surface area (Å²) >= 11 is 0. The Balaban J connectivity index is 2.23. The molecule has 0 unspecified atom stereocenters. The van der Waals surface area contributed by atoms with Gasteiger partial charge in [0.15, 0.2) is 5.69 Å². The molecule has 18 heavy (non-hydrogen) atoms. The van der Waals surface area contributed by atoms with Gasteiger partial charge in [0.1, 0.15) is 11.5 Å². The van der Waals surface area contributed by atoms with Crippen LogP contribution in [0.25, 0.3) is 11.5 Å². The number of nitrogen functional groups attached to an aromatic ring is 1. The van der Waals surface area contributed by atoms with Crippen LogP contribution in [-0.4, -0.2) is 25.1 Å². The number of pyridine rings is 1. The number of imidazole rings is 1. The van der Waals surface area contributed by atoms with Gasteiger partial charge < -0.3 is 11.5 Å². The highest BCUT2D eigenvalue weighted by molar-refractivity contribution is 5.95. The molecular weight excluding hydrogens is 232 g/mol. The molecule has 0 aliphatic carbocycles. The van der Waals surface area contributed by atoms with E-state index in [4.69, 9.17) is 11.5 Å². The molecule has 0 bridgehead atoms. The van der Waals surface area contributed by atoms with Crippen molar-refractivity contribution in [2.45, 2.75) is 0 Å². The number of aromatic nitrogens is 4. The summed E-state index contributed by atoms with van der Waals surface area (Å²) in [6.45, 7) is 0. The normalized spacial score (nSPS) is 10.9. The SMILES string of the molecule is NC(=O)c1nn(-c2cccc3nccn23)cc1N. The van der Waals surface area contributed by atoms with Gasteiger partial charge in [0.25, 0.3) is 5.91 Å². The molecule has 7 heteroatoms. The van der Waals surface area contributed by atoms with Gasteiger partial charge >= 0.3 is 0 Å². The van der Waals surface area contributed by atoms with Crippen LogP contribution in [0.15, 0.2) is 36.8 Å². The molecule has 0 spiro atoms. The van der Waals surface area contributed by atoms with Crippen LogP contribution in [-0.2, 0) is 0 Å². The minimum Gasteiger partial charge on any atom is -0.396 e. The molecule has 0 fully saturated rings. The standard InChI is InChI=1S/C11H10N6O/c12-7-6-17(15-10(7)11(13)18)9-3-1-2-8-14-4-5-16(8)9/h1-6H,12H2,(H2,13,18). The van der Waals surface area contributed by atoms with Gasteiger partial charge in [0.05, 0.1) is 11.9 Å². The van der Waals surface area contributed by atoms with Crippen molar-refractivity contribution < 1.29 is 4.79 Å². The highest BCUT2D eigenvalue weighted by Crippen LogP contribution is 2.15. The summed E-state index contributed by atoms with van der Waals surface area (Å²) in [5.41, 5.74) is 12.0. The van der Waals surface area contributed by atoms with Crippen molar-refractivity contribution in [1.82, 2.24) is 19.2 Å². The second-order valence-corrected chi connectivity index (χ2v) is 3.78. The zero-order chi connectivity index (χ0) is 12.7. The Bertz CT molecular complexity index is 741. The van der Waals surface area contributed by atoms with Crippen molar-refractivity contribution >= 4 is 17.2 Å². The number of nitrogens with zero attached hydrogens (tertiary/aromatic N) is 4. The second kappa shape index (κ2) is 3.59. The molecule has 7 nitrogen and oxygen atoms in total. The highest BCUT2D eigenvalue weighted by Gasteiger charge is 2.13. The van der Waals surface area contributed by atoms with Crippen molar-refractivity contribution in [2.75, 3.05) is 5.73 Å². The van der Waals surface area contributed by atoms with E-state index >= 15 is 0 Å². The molecule has 0 aliphatic heterocycles. The molecule has 4 N–H and O–H groups in total. The number of anilines is 1. The minimum atomic E-state index is -0.649. The number of hydrogen-bond donors (Lipinski definition) is 2. The van der Waals surface area contributed by atoms with Gasteiger partial charge in [0.2, 0.25) is 0 Å². The van der Waals surface area contributed by atoms with Crippen LogP contribution in [0.1, 0.15) is 10.5 Å². The monoisotopic (exact) mass is 242 g/mol. The average Bonchev–Trinajstić information content (AvgIpc) is 2.94. The van der Waals surface area contributed by atoms with Crippen molar-refractivity contribution in [2.24, 2.45) is 5.73 Å². The Labute approximate surface area is 102 Å². The minimum absolute atomic E-state index is 0.0621. The molecule has 0 atom stereocenters. The Morgan fingerprint density at radius 1 is 1.33 bits per heavy atom. The molecular formula is C11H10N6O. The average molecular weight is 242 g/mol. The molecule has 3 rings (SSSR count). The number of hydrogen-bond acceptors (Lipinski definition) is 4. The third kappa shape index (κ3) is 1.41. The predicted molar refractivity (Wildman–Crippen MR) is 65.2 cm³/mol. The molecule has 90 valence electrons. The fraction of sp³-hybridized carbons (Fsp3) is 0. The van der Waals surface area contributed by atoms with E-state index < -0.39 is 5.91 Å². The van der Waals surface area contributed by atoms with E-state index in [1.54, 1.807) is 18.6 Å². The third-order valence-electron chi connectivity index (χ3n) is 2.62. The summed E-state index contributed by atoms with van der Waals surface area (Å²) in [7, 11) is 0. The molecule has 3 aromatic rings. The molecule has 0 radical (unpaired) electrons. The summed E-state index contributed by atoms with van der Waals surface area (Å²) in [5, 5.41) is 4.08. The van der Waals surface area contributed by atoms with Gasteiger partial charge in [-0.1, -0.05) is 6.07 Å². The quantitative estimate of drug-likeness (QED) is 0.669. The number of fused-ring (bicyclic) bond motifs is 1. The number of carbonyl (C=O) groups is 1.